The summed E-state index contributed by atoms with van der Waals surface area (Å²) in [6.07, 6.45) is -3.17. The number of carbonyl (C=O) groups excluding carboxylic acids is 1. The summed E-state index contributed by atoms with van der Waals surface area (Å²) in [5.74, 6) is -2.93. The number of amides is 1. The monoisotopic (exact) mass is 578 g/mol. The predicted molar refractivity (Wildman–Crippen MR) is 141 cm³/mol. The van der Waals surface area contributed by atoms with Crippen LogP contribution in [0.25, 0.3) is 22.0 Å². The van der Waals surface area contributed by atoms with E-state index in [9.17, 15) is 36.6 Å². The van der Waals surface area contributed by atoms with E-state index < -0.39 is 52.3 Å². The Hall–Kier alpha value is -4.00. The zero-order valence-corrected chi connectivity index (χ0v) is 22.0. The summed E-state index contributed by atoms with van der Waals surface area (Å²) in [4.78, 5) is 33.3. The molecule has 1 fully saturated rings. The largest absolute Gasteiger partial charge is 0.489 e. The molecule has 1 N–H and O–H groups in total. The summed E-state index contributed by atoms with van der Waals surface area (Å²) in [7, 11) is 0. The molecule has 3 aromatic rings. The van der Waals surface area contributed by atoms with Crippen LogP contribution in [0.5, 0.6) is 5.75 Å². The number of anilines is 1. The van der Waals surface area contributed by atoms with Crippen molar-refractivity contribution in [1.82, 2.24) is 14.5 Å². The van der Waals surface area contributed by atoms with E-state index in [1.807, 2.05) is 6.92 Å². The minimum Gasteiger partial charge on any atom is -0.489 e. The Balaban J connectivity index is 1.79. The van der Waals surface area contributed by atoms with Gasteiger partial charge in [0.1, 0.15) is 24.1 Å². The highest BCUT2D eigenvalue weighted by atomic mass is 19.4. The van der Waals surface area contributed by atoms with Crippen LogP contribution in [0.3, 0.4) is 0 Å². The SMILES string of the molecule is C=CC(=O)N1C(CC)CN(c2nc(=O)n3c4c(c(-c5ccc(F)cc5F)c(C(F)(F)F)cc24)OCC3)CC1CCO. The molecule has 2 unspecified atom stereocenters. The van der Waals surface area contributed by atoms with Crippen LogP contribution >= 0.6 is 0 Å². The lowest BCUT2D eigenvalue weighted by atomic mass is 9.94. The number of rotatable bonds is 6. The van der Waals surface area contributed by atoms with Crippen molar-refractivity contribution in [3.05, 3.63) is 64.6 Å². The summed E-state index contributed by atoms with van der Waals surface area (Å²) in [5, 5.41) is 9.65. The lowest BCUT2D eigenvalue weighted by Crippen LogP contribution is -2.60. The number of aliphatic hydroxyl groups excluding tert-OH is 1. The Morgan fingerprint density at radius 1 is 1.22 bits per heavy atom. The van der Waals surface area contributed by atoms with Gasteiger partial charge in [-0.3, -0.25) is 9.36 Å². The smallest absolute Gasteiger partial charge is 0.417 e. The molecular formula is C28H27F5N4O4. The van der Waals surface area contributed by atoms with Crippen LogP contribution in [0.2, 0.25) is 0 Å². The minimum atomic E-state index is -4.99. The van der Waals surface area contributed by atoms with Gasteiger partial charge in [0.25, 0.3) is 0 Å². The minimum absolute atomic E-state index is 0.00133. The molecule has 8 nitrogen and oxygen atoms in total. The standard InChI is InChI=1S/C28H27F5N4O4/c1-3-16-13-35(14-17(7-9-38)37(16)22(39)4-2)26-19-12-20(28(31,32)33)23(18-6-5-15(29)11-21(18)30)25-24(19)36(8-10-41-25)27(40)34-26/h4-6,11-12,16-17,38H,2-3,7-10,13-14H2,1H3. The van der Waals surface area contributed by atoms with Crippen molar-refractivity contribution in [1.29, 1.82) is 0 Å². The second kappa shape index (κ2) is 10.8. The fourth-order valence-corrected chi connectivity index (χ4v) is 5.81. The lowest BCUT2D eigenvalue weighted by molar-refractivity contribution is -0.137. The van der Waals surface area contributed by atoms with Crippen molar-refractivity contribution in [2.75, 3.05) is 31.2 Å². The lowest BCUT2D eigenvalue weighted by Gasteiger charge is -2.47. The van der Waals surface area contributed by atoms with Crippen molar-refractivity contribution in [3.63, 3.8) is 0 Å². The van der Waals surface area contributed by atoms with Crippen LogP contribution < -0.4 is 15.3 Å². The van der Waals surface area contributed by atoms with Gasteiger partial charge in [0.2, 0.25) is 5.91 Å². The summed E-state index contributed by atoms with van der Waals surface area (Å²) < 4.78 is 79.2. The number of hydrogen-bond donors (Lipinski definition) is 1. The third-order valence-electron chi connectivity index (χ3n) is 7.58. The molecule has 218 valence electrons. The van der Waals surface area contributed by atoms with Crippen molar-refractivity contribution in [3.8, 4) is 16.9 Å². The first-order chi connectivity index (χ1) is 19.5. The molecule has 2 aliphatic heterocycles. The third kappa shape index (κ3) is 4.92. The number of piperazine rings is 1. The zero-order valence-electron chi connectivity index (χ0n) is 22.0. The molecule has 3 heterocycles. The highest BCUT2D eigenvalue weighted by molar-refractivity contribution is 6.00. The molecule has 2 atom stereocenters. The van der Waals surface area contributed by atoms with E-state index in [1.54, 1.807) is 9.80 Å². The van der Waals surface area contributed by atoms with E-state index in [-0.39, 0.29) is 67.6 Å². The van der Waals surface area contributed by atoms with Gasteiger partial charge in [-0.15, -0.1) is 0 Å². The Morgan fingerprint density at radius 2 is 1.95 bits per heavy atom. The number of hydrogen-bond acceptors (Lipinski definition) is 6. The van der Waals surface area contributed by atoms with E-state index >= 15 is 0 Å². The van der Waals surface area contributed by atoms with Gasteiger partial charge >= 0.3 is 11.9 Å². The van der Waals surface area contributed by atoms with Gasteiger partial charge in [-0.05, 0) is 37.1 Å². The number of alkyl halides is 3. The maximum atomic E-state index is 14.9. The van der Waals surface area contributed by atoms with Crippen LogP contribution in [0.4, 0.5) is 27.8 Å². The summed E-state index contributed by atoms with van der Waals surface area (Å²) >= 11 is 0. The third-order valence-corrected chi connectivity index (χ3v) is 7.58. The molecule has 0 spiro atoms. The topological polar surface area (TPSA) is 87.9 Å². The van der Waals surface area contributed by atoms with Crippen LogP contribution in [-0.2, 0) is 17.5 Å². The predicted octanol–water partition coefficient (Wildman–Crippen LogP) is 4.12. The number of carbonyl (C=O) groups is 1. The normalized spacial score (nSPS) is 18.9. The van der Waals surface area contributed by atoms with E-state index in [2.05, 4.69) is 11.6 Å². The molecule has 0 saturated carbocycles. The van der Waals surface area contributed by atoms with Crippen molar-refractivity contribution in [2.24, 2.45) is 0 Å². The highest BCUT2D eigenvalue weighted by Crippen LogP contribution is 2.49. The fourth-order valence-electron chi connectivity index (χ4n) is 5.81. The van der Waals surface area contributed by atoms with Crippen molar-refractivity contribution >= 4 is 22.6 Å². The second-order valence-electron chi connectivity index (χ2n) is 9.95. The van der Waals surface area contributed by atoms with Crippen molar-refractivity contribution < 1.29 is 36.6 Å². The number of benzene rings is 2. The van der Waals surface area contributed by atoms with E-state index in [0.717, 1.165) is 18.2 Å². The maximum absolute atomic E-state index is 14.9. The molecule has 13 heteroatoms. The second-order valence-corrected chi connectivity index (χ2v) is 9.95. The Bertz CT molecular complexity index is 1590. The Morgan fingerprint density at radius 3 is 2.59 bits per heavy atom. The summed E-state index contributed by atoms with van der Waals surface area (Å²) in [6, 6.07) is 2.09. The van der Waals surface area contributed by atoms with Gasteiger partial charge in [0.05, 0.1) is 23.7 Å². The quantitative estimate of drug-likeness (QED) is 0.350. The average Bonchev–Trinajstić information content (AvgIpc) is 2.93. The first kappa shape index (κ1) is 28.5. The molecule has 1 amide bonds. The molecule has 0 bridgehead atoms. The number of aliphatic hydroxyl groups is 1. The Labute approximate surface area is 231 Å². The van der Waals surface area contributed by atoms with E-state index in [4.69, 9.17) is 4.74 Å². The van der Waals surface area contributed by atoms with Crippen LogP contribution in [0.15, 0.2) is 41.7 Å². The van der Waals surface area contributed by atoms with Gasteiger partial charge in [-0.25, -0.2) is 13.6 Å². The van der Waals surface area contributed by atoms with Gasteiger partial charge in [-0.1, -0.05) is 13.5 Å². The van der Waals surface area contributed by atoms with Gasteiger partial charge in [-0.2, -0.15) is 18.2 Å². The number of aromatic nitrogens is 2. The maximum Gasteiger partial charge on any atom is 0.417 e. The molecule has 1 saturated heterocycles. The summed E-state index contributed by atoms with van der Waals surface area (Å²) in [5.41, 5.74) is -3.13. The van der Waals surface area contributed by atoms with Gasteiger partial charge in [0, 0.05) is 48.3 Å². The molecule has 41 heavy (non-hydrogen) atoms. The molecule has 5 rings (SSSR count). The summed E-state index contributed by atoms with van der Waals surface area (Å²) in [6.45, 7) is 5.19. The van der Waals surface area contributed by atoms with Crippen LogP contribution in [0.1, 0.15) is 25.3 Å². The van der Waals surface area contributed by atoms with Crippen LogP contribution in [0, 0.1) is 11.6 Å². The van der Waals surface area contributed by atoms with E-state index in [1.165, 1.54) is 10.6 Å². The van der Waals surface area contributed by atoms with Gasteiger partial charge < -0.3 is 19.6 Å². The van der Waals surface area contributed by atoms with Crippen molar-refractivity contribution in [2.45, 2.75) is 44.6 Å². The molecule has 1 aromatic heterocycles. The fraction of sp³-hybridized carbons (Fsp3) is 0.393. The molecule has 0 aliphatic carbocycles. The van der Waals surface area contributed by atoms with Crippen LogP contribution in [-0.4, -0.2) is 63.9 Å². The molecular weight excluding hydrogens is 551 g/mol. The average molecular weight is 579 g/mol. The van der Waals surface area contributed by atoms with E-state index in [0.29, 0.717) is 12.5 Å². The zero-order chi connectivity index (χ0) is 29.6. The molecule has 2 aromatic carbocycles. The van der Waals surface area contributed by atoms with Gasteiger partial charge in [0.15, 0.2) is 5.75 Å². The molecule has 0 radical (unpaired) electrons. The number of nitrogens with zero attached hydrogens (tertiary/aromatic N) is 4. The number of halogens is 5. The first-order valence-electron chi connectivity index (χ1n) is 13.1. The molecule has 2 aliphatic rings. The Kier molecular flexibility index (Phi) is 7.49. The first-order valence-corrected chi connectivity index (χ1v) is 13.1. The highest BCUT2D eigenvalue weighted by Gasteiger charge is 2.41. The number of ether oxygens (including phenoxy) is 1.